The first-order valence-corrected chi connectivity index (χ1v) is 21.6. The number of rotatable bonds is 18. The van der Waals surface area contributed by atoms with Gasteiger partial charge in [0, 0.05) is 34.5 Å². The van der Waals surface area contributed by atoms with E-state index >= 15 is 0 Å². The largest absolute Gasteiger partial charge is 0.323 e. The summed E-state index contributed by atoms with van der Waals surface area (Å²) < 4.78 is 0. The van der Waals surface area contributed by atoms with Crippen LogP contribution >= 0.6 is 46.4 Å². The molecule has 4 amide bonds. The van der Waals surface area contributed by atoms with Crippen molar-refractivity contribution in [2.45, 2.75) is 64.4 Å². The minimum absolute atomic E-state index is 0.0887. The Morgan fingerprint density at radius 3 is 1.27 bits per heavy atom. The fraction of sp³-hybridized carbons (Fsp3) is 0.217. The predicted octanol–water partition coefficient (Wildman–Crippen LogP) is 11.5. The second-order valence-corrected chi connectivity index (χ2v) is 15.6. The highest BCUT2D eigenvalue weighted by Gasteiger charge is 2.27. The summed E-state index contributed by atoms with van der Waals surface area (Å²) in [7, 11) is 0. The number of benzene rings is 5. The van der Waals surface area contributed by atoms with E-state index in [0.717, 1.165) is 11.1 Å². The molecule has 2 unspecified atom stereocenters. The lowest BCUT2D eigenvalue weighted by molar-refractivity contribution is -0.127. The SMILES string of the molecule is CCc1cc(NC(=O)C(N=Nc2ccc(Cl)c(C(=O)Nc3cccc(CCl)c3)c2)C(C)=O)c(CC)cc1NC(=O)C(N=Nc1ccc(Cl)c(C(=O)Nc2cccc(CCl)c2)c1)C(C)=O. The first-order chi connectivity index (χ1) is 30.6. The van der Waals surface area contributed by atoms with Crippen LogP contribution in [0.2, 0.25) is 10.0 Å². The number of aryl methyl sites for hydroxylation is 2. The minimum Gasteiger partial charge on any atom is -0.323 e. The van der Waals surface area contributed by atoms with Crippen LogP contribution in [0.25, 0.3) is 0 Å². The van der Waals surface area contributed by atoms with E-state index in [2.05, 4.69) is 41.7 Å². The minimum atomic E-state index is -1.55. The molecular formula is C46H42Cl4N8O6. The van der Waals surface area contributed by atoms with Gasteiger partial charge in [0.15, 0.2) is 11.6 Å². The Hall–Kier alpha value is -6.32. The maximum atomic E-state index is 13.6. The van der Waals surface area contributed by atoms with Crippen molar-refractivity contribution >= 4 is 116 Å². The highest BCUT2D eigenvalue weighted by molar-refractivity contribution is 6.35. The van der Waals surface area contributed by atoms with Crippen LogP contribution in [0.4, 0.5) is 34.1 Å². The predicted molar refractivity (Wildman–Crippen MR) is 251 cm³/mol. The van der Waals surface area contributed by atoms with Crippen molar-refractivity contribution in [3.8, 4) is 0 Å². The number of amides is 4. The molecule has 14 nitrogen and oxygen atoms in total. The van der Waals surface area contributed by atoms with Crippen molar-refractivity contribution in [3.63, 3.8) is 0 Å². The highest BCUT2D eigenvalue weighted by Crippen LogP contribution is 2.30. The molecule has 330 valence electrons. The van der Waals surface area contributed by atoms with Crippen LogP contribution in [0.3, 0.4) is 0 Å². The van der Waals surface area contributed by atoms with Gasteiger partial charge in [-0.15, -0.1) is 23.2 Å². The third kappa shape index (κ3) is 12.9. The number of anilines is 4. The third-order valence-electron chi connectivity index (χ3n) is 9.52. The lowest BCUT2D eigenvalue weighted by Gasteiger charge is -2.18. The molecule has 0 heterocycles. The van der Waals surface area contributed by atoms with E-state index in [1.807, 2.05) is 26.0 Å². The summed E-state index contributed by atoms with van der Waals surface area (Å²) >= 11 is 24.5. The number of halogens is 4. The molecule has 0 aliphatic carbocycles. The fourth-order valence-corrected chi connectivity index (χ4v) is 6.89. The van der Waals surface area contributed by atoms with Gasteiger partial charge in [-0.2, -0.15) is 20.5 Å². The Morgan fingerprint density at radius 2 is 0.922 bits per heavy atom. The molecule has 0 aliphatic heterocycles. The normalized spacial score (nSPS) is 12.1. The van der Waals surface area contributed by atoms with Gasteiger partial charge in [-0.1, -0.05) is 61.3 Å². The molecule has 2 atom stereocenters. The maximum absolute atomic E-state index is 13.6. The van der Waals surface area contributed by atoms with Gasteiger partial charge in [-0.3, -0.25) is 28.8 Å². The zero-order valence-electron chi connectivity index (χ0n) is 35.0. The smallest absolute Gasteiger partial charge is 0.258 e. The van der Waals surface area contributed by atoms with Crippen molar-refractivity contribution in [2.24, 2.45) is 20.5 Å². The number of alkyl halides is 2. The quantitative estimate of drug-likeness (QED) is 0.0382. The van der Waals surface area contributed by atoms with Crippen LogP contribution in [0.1, 0.15) is 70.7 Å². The van der Waals surface area contributed by atoms with E-state index < -0.39 is 47.3 Å². The van der Waals surface area contributed by atoms with E-state index in [4.69, 9.17) is 46.4 Å². The monoisotopic (exact) mass is 942 g/mol. The molecule has 0 aliphatic rings. The van der Waals surface area contributed by atoms with Crippen LogP contribution < -0.4 is 21.3 Å². The number of nitrogens with zero attached hydrogens (tertiary/aromatic N) is 4. The molecule has 0 saturated carbocycles. The van der Waals surface area contributed by atoms with Crippen LogP contribution in [-0.4, -0.2) is 47.3 Å². The van der Waals surface area contributed by atoms with E-state index in [1.54, 1.807) is 48.5 Å². The molecule has 0 bridgehead atoms. The Labute approximate surface area is 389 Å². The zero-order valence-corrected chi connectivity index (χ0v) is 38.0. The number of carbonyl (C=O) groups excluding carboxylic acids is 6. The summed E-state index contributed by atoms with van der Waals surface area (Å²) in [5, 5.41) is 27.6. The molecule has 5 rings (SSSR count). The van der Waals surface area contributed by atoms with Gasteiger partial charge >= 0.3 is 0 Å². The van der Waals surface area contributed by atoms with E-state index in [0.29, 0.717) is 46.7 Å². The Balaban J connectivity index is 1.30. The average Bonchev–Trinajstić information content (AvgIpc) is 3.27. The first kappa shape index (κ1) is 48.7. The third-order valence-corrected chi connectivity index (χ3v) is 10.8. The van der Waals surface area contributed by atoms with Crippen LogP contribution in [0.5, 0.6) is 0 Å². The molecule has 0 spiro atoms. The van der Waals surface area contributed by atoms with Crippen molar-refractivity contribution in [1.82, 2.24) is 0 Å². The Morgan fingerprint density at radius 1 is 0.531 bits per heavy atom. The van der Waals surface area contributed by atoms with E-state index in [1.165, 1.54) is 50.2 Å². The number of azo groups is 2. The topological polar surface area (TPSA) is 200 Å². The summed E-state index contributed by atoms with van der Waals surface area (Å²) in [6, 6.07) is 22.8. The molecule has 0 radical (unpaired) electrons. The number of ketones is 2. The van der Waals surface area contributed by atoms with Gasteiger partial charge < -0.3 is 21.3 Å². The zero-order chi connectivity index (χ0) is 46.5. The summed E-state index contributed by atoms with van der Waals surface area (Å²) in [5.74, 6) is -3.24. The molecule has 64 heavy (non-hydrogen) atoms. The summed E-state index contributed by atoms with van der Waals surface area (Å²) in [6.45, 7) is 6.06. The average molecular weight is 945 g/mol. The number of Topliss-reactive ketones (excluding diaryl/α,β-unsaturated/α-hetero) is 2. The maximum Gasteiger partial charge on any atom is 0.258 e. The Bertz CT molecular complexity index is 2490. The lowest BCUT2D eigenvalue weighted by Crippen LogP contribution is -2.33. The fourth-order valence-electron chi connectivity index (χ4n) is 6.16. The van der Waals surface area contributed by atoms with Gasteiger partial charge in [0.25, 0.3) is 23.6 Å². The Kier molecular flexibility index (Phi) is 17.4. The van der Waals surface area contributed by atoms with Gasteiger partial charge in [0.1, 0.15) is 0 Å². The van der Waals surface area contributed by atoms with E-state index in [-0.39, 0.29) is 44.3 Å². The molecule has 0 fully saturated rings. The number of hydrogen-bond acceptors (Lipinski definition) is 10. The van der Waals surface area contributed by atoms with E-state index in [9.17, 15) is 28.8 Å². The second kappa shape index (κ2) is 22.9. The van der Waals surface area contributed by atoms with Crippen LogP contribution in [0.15, 0.2) is 118 Å². The number of hydrogen-bond donors (Lipinski definition) is 4. The van der Waals surface area contributed by atoms with Crippen LogP contribution in [-0.2, 0) is 43.8 Å². The first-order valence-electron chi connectivity index (χ1n) is 19.8. The molecule has 5 aromatic rings. The molecule has 18 heteroatoms. The molecule has 0 saturated heterocycles. The van der Waals surface area contributed by atoms with Gasteiger partial charge in [0.2, 0.25) is 12.1 Å². The summed E-state index contributed by atoms with van der Waals surface area (Å²) in [5.41, 5.74) is 5.05. The highest BCUT2D eigenvalue weighted by atomic mass is 35.5. The summed E-state index contributed by atoms with van der Waals surface area (Å²) in [6.07, 6.45) is 0.780. The number of carbonyl (C=O) groups is 6. The second-order valence-electron chi connectivity index (χ2n) is 14.2. The molecule has 4 N–H and O–H groups in total. The summed E-state index contributed by atoms with van der Waals surface area (Å²) in [4.78, 5) is 78.8. The van der Waals surface area contributed by atoms with Gasteiger partial charge in [-0.25, -0.2) is 0 Å². The molecule has 5 aromatic carbocycles. The van der Waals surface area contributed by atoms with Crippen molar-refractivity contribution in [3.05, 3.63) is 140 Å². The number of nitrogens with one attached hydrogen (secondary N) is 4. The lowest BCUT2D eigenvalue weighted by atomic mass is 10.0. The van der Waals surface area contributed by atoms with Crippen molar-refractivity contribution in [1.29, 1.82) is 0 Å². The molecular weight excluding hydrogens is 902 g/mol. The standard InChI is InChI=1S/C46H42Cl4N8O6/c1-5-29-19-40(54-46(64)42(26(4)60)58-56-34-14-16-38(50)36(22-34)44(62)52-32-12-8-10-28(18-32)24-48)30(6-2)20-39(29)53-45(63)41(25(3)59)57-55-33-13-15-37(49)35(21-33)43(61)51-31-11-7-9-27(17-31)23-47/h7-22,41-42H,5-6,23-24H2,1-4H3,(H,51,61)(H,52,62)(H,53,63)(H,54,64). The van der Waals surface area contributed by atoms with Crippen molar-refractivity contribution in [2.75, 3.05) is 21.3 Å². The van der Waals surface area contributed by atoms with Crippen LogP contribution in [0, 0.1) is 0 Å². The van der Waals surface area contributed by atoms with Crippen molar-refractivity contribution < 1.29 is 28.8 Å². The van der Waals surface area contributed by atoms with Gasteiger partial charge in [0.05, 0.1) is 32.5 Å². The molecule has 0 aromatic heterocycles. The van der Waals surface area contributed by atoms with Gasteiger partial charge in [-0.05, 0) is 122 Å².